The van der Waals surface area contributed by atoms with Crippen LogP contribution in [0.5, 0.6) is 0 Å². The molecule has 0 heterocycles. The largest absolute Gasteiger partial charge is 0.416 e. The van der Waals surface area contributed by atoms with Crippen molar-refractivity contribution in [2.75, 3.05) is 0 Å². The van der Waals surface area contributed by atoms with Crippen LogP contribution in [0.25, 0.3) is 0 Å². The molecule has 0 aliphatic heterocycles. The molecule has 2 atom stereocenters. The van der Waals surface area contributed by atoms with E-state index < -0.39 is 40.3 Å². The number of aliphatic hydroxyl groups is 1. The Balaban J connectivity index is 2.49. The van der Waals surface area contributed by atoms with Gasteiger partial charge < -0.3 is 10.8 Å². The van der Waals surface area contributed by atoms with Crippen LogP contribution < -0.4 is 5.73 Å². The highest BCUT2D eigenvalue weighted by molar-refractivity contribution is 6.30. The molecule has 0 saturated heterocycles. The van der Waals surface area contributed by atoms with Crippen molar-refractivity contribution in [3.05, 3.63) is 34.1 Å². The van der Waals surface area contributed by atoms with E-state index in [9.17, 15) is 22.7 Å². The molecular formula is C12H12ClF4NO. The van der Waals surface area contributed by atoms with Crippen LogP contribution in [0.2, 0.25) is 5.02 Å². The van der Waals surface area contributed by atoms with Gasteiger partial charge in [-0.05, 0) is 30.9 Å². The van der Waals surface area contributed by atoms with E-state index in [1.54, 1.807) is 0 Å². The molecule has 1 saturated carbocycles. The quantitative estimate of drug-likeness (QED) is 0.841. The zero-order valence-electron chi connectivity index (χ0n) is 9.72. The average molecular weight is 298 g/mol. The molecule has 2 rings (SSSR count). The third-order valence-electron chi connectivity index (χ3n) is 3.24. The van der Waals surface area contributed by atoms with Crippen molar-refractivity contribution in [3.63, 3.8) is 0 Å². The number of hydrogen-bond donors (Lipinski definition) is 2. The van der Waals surface area contributed by atoms with Gasteiger partial charge >= 0.3 is 6.18 Å². The van der Waals surface area contributed by atoms with Crippen molar-refractivity contribution < 1.29 is 22.7 Å². The SMILES string of the molecule is N[C@@H](c1c(C(F)(F)F)ccc(Cl)c1F)[C@H](O)C1CC1. The molecule has 106 valence electrons. The summed E-state index contributed by atoms with van der Waals surface area (Å²) in [5.41, 5.74) is 3.64. The smallest absolute Gasteiger partial charge is 0.391 e. The number of rotatable bonds is 3. The molecule has 0 spiro atoms. The summed E-state index contributed by atoms with van der Waals surface area (Å²) in [4.78, 5) is 0. The van der Waals surface area contributed by atoms with E-state index in [1.165, 1.54) is 0 Å². The number of nitrogens with two attached hydrogens (primary N) is 1. The molecule has 2 nitrogen and oxygen atoms in total. The first-order chi connectivity index (χ1) is 8.73. The van der Waals surface area contributed by atoms with Gasteiger partial charge in [0.05, 0.1) is 22.7 Å². The van der Waals surface area contributed by atoms with Gasteiger partial charge in [-0.3, -0.25) is 0 Å². The van der Waals surface area contributed by atoms with E-state index in [-0.39, 0.29) is 5.92 Å². The lowest BCUT2D eigenvalue weighted by atomic mass is 9.93. The Hall–Kier alpha value is -0.850. The fraction of sp³-hybridized carbons (Fsp3) is 0.500. The maximum Gasteiger partial charge on any atom is 0.416 e. The summed E-state index contributed by atoms with van der Waals surface area (Å²) in [6.45, 7) is 0. The van der Waals surface area contributed by atoms with Crippen LogP contribution in [-0.2, 0) is 6.18 Å². The Bertz CT molecular complexity index is 487. The summed E-state index contributed by atoms with van der Waals surface area (Å²) in [5, 5.41) is 9.37. The molecule has 1 aliphatic carbocycles. The van der Waals surface area contributed by atoms with Gasteiger partial charge in [-0.25, -0.2) is 4.39 Å². The van der Waals surface area contributed by atoms with Crippen molar-refractivity contribution in [3.8, 4) is 0 Å². The third-order valence-corrected chi connectivity index (χ3v) is 3.54. The highest BCUT2D eigenvalue weighted by atomic mass is 35.5. The molecule has 0 radical (unpaired) electrons. The van der Waals surface area contributed by atoms with Gasteiger partial charge in [-0.2, -0.15) is 13.2 Å². The van der Waals surface area contributed by atoms with Crippen LogP contribution in [0.15, 0.2) is 12.1 Å². The molecule has 7 heteroatoms. The topological polar surface area (TPSA) is 46.2 Å². The Morgan fingerprint density at radius 1 is 1.32 bits per heavy atom. The summed E-state index contributed by atoms with van der Waals surface area (Å²) in [7, 11) is 0. The van der Waals surface area contributed by atoms with Crippen LogP contribution in [0.3, 0.4) is 0 Å². The highest BCUT2D eigenvalue weighted by Crippen LogP contribution is 2.42. The minimum Gasteiger partial charge on any atom is -0.391 e. The van der Waals surface area contributed by atoms with E-state index in [1.807, 2.05) is 0 Å². The normalized spacial score (nSPS) is 19.3. The second-order valence-corrected chi connectivity index (χ2v) is 5.08. The third kappa shape index (κ3) is 2.85. The van der Waals surface area contributed by atoms with Gasteiger partial charge in [-0.1, -0.05) is 11.6 Å². The molecular weight excluding hydrogens is 286 g/mol. The lowest BCUT2D eigenvalue weighted by Crippen LogP contribution is -2.31. The zero-order chi connectivity index (χ0) is 14.4. The van der Waals surface area contributed by atoms with Crippen LogP contribution in [-0.4, -0.2) is 11.2 Å². The standard InChI is InChI=1S/C12H12ClF4NO/c13-7-4-3-6(12(15,16)17)8(9(7)14)10(18)11(19)5-1-2-5/h3-5,10-11,19H,1-2,18H2/t10-,11+/m0/s1. The maximum absolute atomic E-state index is 13.9. The first-order valence-corrected chi connectivity index (χ1v) is 6.10. The molecule has 0 bridgehead atoms. The molecule has 3 N–H and O–H groups in total. The summed E-state index contributed by atoms with van der Waals surface area (Å²) >= 11 is 5.50. The molecule has 0 unspecified atom stereocenters. The maximum atomic E-state index is 13.9. The van der Waals surface area contributed by atoms with Gasteiger partial charge in [0.15, 0.2) is 0 Å². The monoisotopic (exact) mass is 297 g/mol. The minimum absolute atomic E-state index is 0.172. The Morgan fingerprint density at radius 2 is 1.89 bits per heavy atom. The lowest BCUT2D eigenvalue weighted by molar-refractivity contribution is -0.138. The van der Waals surface area contributed by atoms with Gasteiger partial charge in [0.25, 0.3) is 0 Å². The molecule has 1 aromatic rings. The summed E-state index contributed by atoms with van der Waals surface area (Å²) < 4.78 is 52.4. The van der Waals surface area contributed by atoms with Crippen molar-refractivity contribution in [1.82, 2.24) is 0 Å². The number of aliphatic hydroxyl groups excluding tert-OH is 1. The van der Waals surface area contributed by atoms with E-state index in [0.717, 1.165) is 6.07 Å². The van der Waals surface area contributed by atoms with E-state index in [0.29, 0.717) is 18.9 Å². The first kappa shape index (κ1) is 14.6. The van der Waals surface area contributed by atoms with Crippen molar-refractivity contribution >= 4 is 11.6 Å². The molecule has 0 aromatic heterocycles. The van der Waals surface area contributed by atoms with E-state index in [2.05, 4.69) is 0 Å². The van der Waals surface area contributed by atoms with Crippen LogP contribution in [0.4, 0.5) is 17.6 Å². The van der Waals surface area contributed by atoms with Gasteiger partial charge in [0.1, 0.15) is 5.82 Å². The van der Waals surface area contributed by atoms with E-state index in [4.69, 9.17) is 17.3 Å². The molecule has 1 aromatic carbocycles. The number of hydrogen-bond acceptors (Lipinski definition) is 2. The average Bonchev–Trinajstić information content (AvgIpc) is 3.13. The Labute approximate surface area is 112 Å². The van der Waals surface area contributed by atoms with Gasteiger partial charge in [0, 0.05) is 5.56 Å². The van der Waals surface area contributed by atoms with Crippen LogP contribution >= 0.6 is 11.6 Å². The Kier molecular flexibility index (Phi) is 3.77. The molecule has 1 fully saturated rings. The molecule has 1 aliphatic rings. The van der Waals surface area contributed by atoms with E-state index >= 15 is 0 Å². The predicted octanol–water partition coefficient (Wildman–Crippen LogP) is 3.27. The summed E-state index contributed by atoms with van der Waals surface area (Å²) in [5.74, 6) is -1.39. The van der Waals surface area contributed by atoms with Gasteiger partial charge in [0.2, 0.25) is 0 Å². The van der Waals surface area contributed by atoms with Crippen molar-refractivity contribution in [2.24, 2.45) is 11.7 Å². The lowest BCUT2D eigenvalue weighted by Gasteiger charge is -2.23. The molecule has 19 heavy (non-hydrogen) atoms. The zero-order valence-corrected chi connectivity index (χ0v) is 10.5. The predicted molar refractivity (Wildman–Crippen MR) is 62.1 cm³/mol. The van der Waals surface area contributed by atoms with Crippen molar-refractivity contribution in [2.45, 2.75) is 31.2 Å². The number of benzene rings is 1. The summed E-state index contributed by atoms with van der Waals surface area (Å²) in [6.07, 6.45) is -4.59. The Morgan fingerprint density at radius 3 is 2.37 bits per heavy atom. The second-order valence-electron chi connectivity index (χ2n) is 4.67. The first-order valence-electron chi connectivity index (χ1n) is 5.72. The van der Waals surface area contributed by atoms with Crippen molar-refractivity contribution in [1.29, 1.82) is 0 Å². The van der Waals surface area contributed by atoms with Crippen LogP contribution in [0, 0.1) is 11.7 Å². The fourth-order valence-electron chi connectivity index (χ4n) is 2.04. The van der Waals surface area contributed by atoms with Gasteiger partial charge in [-0.15, -0.1) is 0 Å². The second kappa shape index (κ2) is 4.92. The van der Waals surface area contributed by atoms with Crippen LogP contribution in [0.1, 0.15) is 30.0 Å². The number of halogens is 5. The minimum atomic E-state index is -4.75. The molecule has 0 amide bonds. The number of alkyl halides is 3. The highest BCUT2D eigenvalue weighted by Gasteiger charge is 2.41. The summed E-state index contributed by atoms with van der Waals surface area (Å²) in [6, 6.07) is 0.0717. The fourth-order valence-corrected chi connectivity index (χ4v) is 2.21.